The molecule has 1 N–H and O–H groups in total. The van der Waals surface area contributed by atoms with E-state index < -0.39 is 5.91 Å². The molecule has 124 valence electrons. The molecule has 1 amide bonds. The summed E-state index contributed by atoms with van der Waals surface area (Å²) in [5.41, 5.74) is 2.87. The lowest BCUT2D eigenvalue weighted by Crippen LogP contribution is -2.23. The lowest BCUT2D eigenvalue weighted by atomic mass is 10.3. The number of pyridine rings is 1. The molecule has 0 aliphatic rings. The van der Waals surface area contributed by atoms with Gasteiger partial charge in [0.15, 0.2) is 5.82 Å². The van der Waals surface area contributed by atoms with Crippen LogP contribution >= 0.6 is 22.6 Å². The quantitative estimate of drug-likeness (QED) is 0.611. The predicted octanol–water partition coefficient (Wildman–Crippen LogP) is 1.86. The molecular formula is C15H15IN6O2. The zero-order valence-corrected chi connectivity index (χ0v) is 15.3. The molecule has 0 spiro atoms. The van der Waals surface area contributed by atoms with Crippen molar-refractivity contribution in [3.05, 3.63) is 56.8 Å². The fraction of sp³-hybridized carbons (Fsp3) is 0.267. The average Bonchev–Trinajstić information content (AvgIpc) is 3.15. The van der Waals surface area contributed by atoms with Crippen molar-refractivity contribution < 1.29 is 9.32 Å². The number of aryl methyl sites for hydroxylation is 1. The lowest BCUT2D eigenvalue weighted by Gasteiger charge is -2.01. The second-order valence-electron chi connectivity index (χ2n) is 5.20. The van der Waals surface area contributed by atoms with Gasteiger partial charge in [0.2, 0.25) is 0 Å². The molecule has 8 nitrogen and oxygen atoms in total. The van der Waals surface area contributed by atoms with Crippen LogP contribution in [0.15, 0.2) is 29.0 Å². The number of hydrogen-bond acceptors (Lipinski definition) is 6. The van der Waals surface area contributed by atoms with Crippen molar-refractivity contribution >= 4 is 28.5 Å². The van der Waals surface area contributed by atoms with Crippen molar-refractivity contribution in [1.82, 2.24) is 30.2 Å². The number of amides is 1. The van der Waals surface area contributed by atoms with Gasteiger partial charge in [0.05, 0.1) is 9.26 Å². The van der Waals surface area contributed by atoms with Crippen molar-refractivity contribution in [2.75, 3.05) is 0 Å². The first-order chi connectivity index (χ1) is 11.5. The molecule has 0 radical (unpaired) electrons. The zero-order chi connectivity index (χ0) is 17.1. The molecule has 0 aliphatic heterocycles. The molecule has 3 aromatic heterocycles. The summed E-state index contributed by atoms with van der Waals surface area (Å²) in [6.07, 6.45) is 3.36. The third-order valence-corrected chi connectivity index (χ3v) is 4.98. The summed E-state index contributed by atoms with van der Waals surface area (Å²) in [5, 5.41) is 11.0. The maximum atomic E-state index is 12.1. The molecule has 0 aliphatic carbocycles. The van der Waals surface area contributed by atoms with Crippen molar-refractivity contribution in [2.24, 2.45) is 0 Å². The highest BCUT2D eigenvalue weighted by Gasteiger charge is 2.17. The minimum absolute atomic E-state index is 0.0647. The van der Waals surface area contributed by atoms with Crippen LogP contribution in [0.25, 0.3) is 0 Å². The van der Waals surface area contributed by atoms with Gasteiger partial charge in [-0.3, -0.25) is 14.5 Å². The van der Waals surface area contributed by atoms with E-state index in [1.807, 2.05) is 26.0 Å². The van der Waals surface area contributed by atoms with E-state index in [-0.39, 0.29) is 5.89 Å². The van der Waals surface area contributed by atoms with Crippen molar-refractivity contribution in [3.8, 4) is 0 Å². The first kappa shape index (κ1) is 16.6. The molecule has 3 heterocycles. The van der Waals surface area contributed by atoms with Crippen molar-refractivity contribution in [1.29, 1.82) is 0 Å². The number of carbonyl (C=O) groups is 1. The summed E-state index contributed by atoms with van der Waals surface area (Å²) >= 11 is 2.25. The summed E-state index contributed by atoms with van der Waals surface area (Å²) in [7, 11) is 0. The summed E-state index contributed by atoms with van der Waals surface area (Å²) in [6.45, 7) is 4.62. The van der Waals surface area contributed by atoms with Crippen LogP contribution in [0.2, 0.25) is 0 Å². The molecule has 0 aromatic carbocycles. The van der Waals surface area contributed by atoms with Gasteiger partial charge in [-0.1, -0.05) is 11.2 Å². The van der Waals surface area contributed by atoms with Gasteiger partial charge in [-0.15, -0.1) is 0 Å². The molecule has 3 aromatic rings. The Morgan fingerprint density at radius 3 is 2.92 bits per heavy atom. The largest absolute Gasteiger partial charge is 0.344 e. The van der Waals surface area contributed by atoms with Crippen molar-refractivity contribution in [3.63, 3.8) is 0 Å². The van der Waals surface area contributed by atoms with E-state index in [1.165, 1.54) is 0 Å². The number of nitrogens with one attached hydrogen (secondary N) is 1. The van der Waals surface area contributed by atoms with Crippen molar-refractivity contribution in [2.45, 2.75) is 26.9 Å². The number of halogens is 1. The molecule has 3 rings (SSSR count). The topological polar surface area (TPSA) is 98.7 Å². The van der Waals surface area contributed by atoms with Crippen LogP contribution in [0.5, 0.6) is 0 Å². The Labute approximate surface area is 151 Å². The van der Waals surface area contributed by atoms with Crippen LogP contribution in [-0.4, -0.2) is 30.8 Å². The fourth-order valence-corrected chi connectivity index (χ4v) is 2.52. The second kappa shape index (κ2) is 7.07. The van der Waals surface area contributed by atoms with Gasteiger partial charge in [0.1, 0.15) is 6.54 Å². The Hall–Kier alpha value is -2.30. The molecule has 9 heteroatoms. The number of aromatic nitrogens is 5. The van der Waals surface area contributed by atoms with E-state index in [4.69, 9.17) is 4.52 Å². The monoisotopic (exact) mass is 438 g/mol. The van der Waals surface area contributed by atoms with Crippen LogP contribution in [-0.2, 0) is 13.1 Å². The molecular weight excluding hydrogens is 423 g/mol. The number of carbonyl (C=O) groups excluding carboxylic acids is 1. The zero-order valence-electron chi connectivity index (χ0n) is 13.2. The SMILES string of the molecule is Cc1nn(Cc2noc(C(=O)NCc3cccnc3)n2)c(C)c1I. The number of hydrogen-bond donors (Lipinski definition) is 1. The van der Waals surface area contributed by atoms with Gasteiger partial charge in [-0.05, 0) is 48.1 Å². The highest BCUT2D eigenvalue weighted by Crippen LogP contribution is 2.16. The van der Waals surface area contributed by atoms with Crippen LogP contribution in [0.3, 0.4) is 0 Å². The van der Waals surface area contributed by atoms with E-state index in [2.05, 4.69) is 48.1 Å². The van der Waals surface area contributed by atoms with Gasteiger partial charge in [0.25, 0.3) is 0 Å². The molecule has 0 unspecified atom stereocenters. The average molecular weight is 438 g/mol. The van der Waals surface area contributed by atoms with E-state index in [0.29, 0.717) is 18.9 Å². The van der Waals surface area contributed by atoms with E-state index in [9.17, 15) is 4.79 Å². The van der Waals surface area contributed by atoms with E-state index in [1.54, 1.807) is 17.1 Å². The number of nitrogens with zero attached hydrogens (tertiary/aromatic N) is 5. The highest BCUT2D eigenvalue weighted by atomic mass is 127. The number of rotatable bonds is 5. The maximum Gasteiger partial charge on any atom is 0.316 e. The summed E-state index contributed by atoms with van der Waals surface area (Å²) < 4.78 is 7.93. The Morgan fingerprint density at radius 2 is 2.25 bits per heavy atom. The third-order valence-electron chi connectivity index (χ3n) is 3.42. The van der Waals surface area contributed by atoms with Crippen LogP contribution in [0.1, 0.15) is 33.5 Å². The fourth-order valence-electron chi connectivity index (χ4n) is 2.13. The van der Waals surface area contributed by atoms with Crippen LogP contribution in [0.4, 0.5) is 0 Å². The van der Waals surface area contributed by atoms with E-state index >= 15 is 0 Å². The molecule has 24 heavy (non-hydrogen) atoms. The second-order valence-corrected chi connectivity index (χ2v) is 6.28. The Morgan fingerprint density at radius 1 is 1.42 bits per heavy atom. The molecule has 0 saturated heterocycles. The minimum Gasteiger partial charge on any atom is -0.344 e. The van der Waals surface area contributed by atoms with Gasteiger partial charge in [0, 0.05) is 24.6 Å². The minimum atomic E-state index is -0.416. The molecule has 0 saturated carbocycles. The van der Waals surface area contributed by atoms with Gasteiger partial charge in [-0.25, -0.2) is 0 Å². The van der Waals surface area contributed by atoms with Crippen LogP contribution < -0.4 is 5.32 Å². The van der Waals surface area contributed by atoms with Gasteiger partial charge < -0.3 is 9.84 Å². The Kier molecular flexibility index (Phi) is 4.88. The van der Waals surface area contributed by atoms with Crippen LogP contribution in [0, 0.1) is 17.4 Å². The lowest BCUT2D eigenvalue weighted by molar-refractivity contribution is 0.0907. The molecule has 0 atom stereocenters. The Balaban J connectivity index is 1.64. The molecule has 0 fully saturated rings. The first-order valence-electron chi connectivity index (χ1n) is 7.24. The highest BCUT2D eigenvalue weighted by molar-refractivity contribution is 14.1. The first-order valence-corrected chi connectivity index (χ1v) is 8.31. The van der Waals surface area contributed by atoms with Gasteiger partial charge in [-0.2, -0.15) is 10.1 Å². The summed E-state index contributed by atoms with van der Waals surface area (Å²) in [6, 6.07) is 3.68. The normalized spacial score (nSPS) is 10.8. The predicted molar refractivity (Wildman–Crippen MR) is 93.2 cm³/mol. The maximum absolute atomic E-state index is 12.1. The third kappa shape index (κ3) is 3.61. The summed E-state index contributed by atoms with van der Waals surface area (Å²) in [4.78, 5) is 20.2. The Bertz CT molecular complexity index is 858. The van der Waals surface area contributed by atoms with E-state index in [0.717, 1.165) is 20.5 Å². The summed E-state index contributed by atoms with van der Waals surface area (Å²) in [5.74, 6) is -0.0748. The molecule has 0 bridgehead atoms. The van der Waals surface area contributed by atoms with Gasteiger partial charge >= 0.3 is 11.8 Å². The smallest absolute Gasteiger partial charge is 0.316 e. The standard InChI is InChI=1S/C15H15IN6O2/c1-9-13(16)10(2)22(20-9)8-12-19-15(24-21-12)14(23)18-7-11-4-3-5-17-6-11/h3-6H,7-8H2,1-2H3,(H,18,23).